The molecule has 0 fully saturated rings. The van der Waals surface area contributed by atoms with Gasteiger partial charge in [-0.1, -0.05) is 0 Å². The maximum atomic E-state index is 11.2. The predicted octanol–water partition coefficient (Wildman–Crippen LogP) is -0.164. The van der Waals surface area contributed by atoms with Crippen LogP contribution in [0.2, 0.25) is 0 Å². The number of aromatic nitrogens is 4. The Kier molecular flexibility index (Phi) is 6.60. The molecule has 0 aromatic carbocycles. The van der Waals surface area contributed by atoms with Crippen molar-refractivity contribution in [1.82, 2.24) is 19.5 Å². The van der Waals surface area contributed by atoms with Crippen LogP contribution in [-0.4, -0.2) is 56.7 Å². The van der Waals surface area contributed by atoms with Crippen molar-refractivity contribution >= 4 is 40.8 Å². The second-order valence-electron chi connectivity index (χ2n) is 5.52. The molecule has 1 amide bonds. The molecular weight excluding hydrogens is 360 g/mol. The molecule has 0 atom stereocenters. The van der Waals surface area contributed by atoms with Gasteiger partial charge in [0.25, 0.3) is 0 Å². The summed E-state index contributed by atoms with van der Waals surface area (Å²) in [6.07, 6.45) is 0.742. The number of esters is 2. The van der Waals surface area contributed by atoms with Gasteiger partial charge in [0.15, 0.2) is 11.5 Å². The fraction of sp³-hybridized carbons (Fsp3) is 0.467. The molecule has 0 saturated carbocycles. The number of anilines is 2. The van der Waals surface area contributed by atoms with Gasteiger partial charge in [0.1, 0.15) is 31.6 Å². The first-order valence-electron chi connectivity index (χ1n) is 7.90. The second kappa shape index (κ2) is 8.89. The number of fused-ring (bicyclic) bond motifs is 1. The molecular formula is C15H20N6O6. The summed E-state index contributed by atoms with van der Waals surface area (Å²) in [5.74, 6) is -1.19. The summed E-state index contributed by atoms with van der Waals surface area (Å²) in [6, 6.07) is 0. The van der Waals surface area contributed by atoms with Crippen LogP contribution in [0.25, 0.3) is 11.2 Å². The van der Waals surface area contributed by atoms with E-state index in [4.69, 9.17) is 19.9 Å². The first-order chi connectivity index (χ1) is 12.8. The van der Waals surface area contributed by atoms with E-state index >= 15 is 0 Å². The number of rotatable bonds is 8. The Hall–Kier alpha value is -3.28. The summed E-state index contributed by atoms with van der Waals surface area (Å²) < 4.78 is 17.0. The van der Waals surface area contributed by atoms with Crippen molar-refractivity contribution in [2.24, 2.45) is 0 Å². The molecule has 2 heterocycles. The first-order valence-corrected chi connectivity index (χ1v) is 7.90. The highest BCUT2D eigenvalue weighted by atomic mass is 16.6. The van der Waals surface area contributed by atoms with Crippen LogP contribution < -0.4 is 11.1 Å². The Labute approximate surface area is 154 Å². The van der Waals surface area contributed by atoms with E-state index in [0.717, 1.165) is 0 Å². The molecule has 3 N–H and O–H groups in total. The van der Waals surface area contributed by atoms with Gasteiger partial charge in [-0.05, 0) is 0 Å². The highest BCUT2D eigenvalue weighted by Crippen LogP contribution is 2.18. The third kappa shape index (κ3) is 5.88. The number of imidazole rings is 1. The van der Waals surface area contributed by atoms with Gasteiger partial charge < -0.3 is 19.9 Å². The Morgan fingerprint density at radius 2 is 1.78 bits per heavy atom. The van der Waals surface area contributed by atoms with E-state index < -0.39 is 18.0 Å². The lowest BCUT2D eigenvalue weighted by Gasteiger charge is -2.17. The average molecular weight is 380 g/mol. The van der Waals surface area contributed by atoms with Crippen LogP contribution in [0.15, 0.2) is 6.33 Å². The number of carbonyl (C=O) groups is 3. The van der Waals surface area contributed by atoms with Gasteiger partial charge in [0.2, 0.25) is 11.9 Å². The van der Waals surface area contributed by atoms with E-state index in [1.165, 1.54) is 31.7 Å². The quantitative estimate of drug-likeness (QED) is 0.588. The van der Waals surface area contributed by atoms with Gasteiger partial charge in [-0.25, -0.2) is 4.98 Å². The van der Waals surface area contributed by atoms with Gasteiger partial charge in [0, 0.05) is 20.8 Å². The van der Waals surface area contributed by atoms with Gasteiger partial charge in [-0.15, -0.1) is 0 Å². The number of carbonyl (C=O) groups excluding carboxylic acids is 3. The highest BCUT2D eigenvalue weighted by Gasteiger charge is 2.16. The van der Waals surface area contributed by atoms with Crippen molar-refractivity contribution in [3.63, 3.8) is 0 Å². The lowest BCUT2D eigenvalue weighted by molar-refractivity contribution is -0.154. The normalized spacial score (nSPS) is 10.8. The van der Waals surface area contributed by atoms with Crippen LogP contribution >= 0.6 is 0 Å². The summed E-state index contributed by atoms with van der Waals surface area (Å²) in [5, 5.41) is 2.45. The van der Waals surface area contributed by atoms with Gasteiger partial charge in [0.05, 0.1) is 6.33 Å². The van der Waals surface area contributed by atoms with Gasteiger partial charge >= 0.3 is 11.9 Å². The van der Waals surface area contributed by atoms with E-state index in [0.29, 0.717) is 11.2 Å². The topological polar surface area (TPSA) is 161 Å². The molecule has 0 saturated heterocycles. The Morgan fingerprint density at radius 1 is 1.15 bits per heavy atom. The molecule has 0 radical (unpaired) electrons. The maximum absolute atomic E-state index is 11.2. The van der Waals surface area contributed by atoms with Crippen molar-refractivity contribution < 1.29 is 28.6 Å². The van der Waals surface area contributed by atoms with Crippen molar-refractivity contribution in [2.45, 2.75) is 33.6 Å². The van der Waals surface area contributed by atoms with Crippen molar-refractivity contribution in [2.75, 3.05) is 24.3 Å². The summed E-state index contributed by atoms with van der Waals surface area (Å²) in [5.41, 5.74) is 6.51. The number of nitrogen functional groups attached to an aromatic ring is 1. The lowest BCUT2D eigenvalue weighted by Crippen LogP contribution is -2.28. The Balaban J connectivity index is 2.14. The summed E-state index contributed by atoms with van der Waals surface area (Å²) in [6.45, 7) is 3.61. The molecule has 2 rings (SSSR count). The summed E-state index contributed by atoms with van der Waals surface area (Å²) in [7, 11) is 0. The Morgan fingerprint density at radius 3 is 2.33 bits per heavy atom. The lowest BCUT2D eigenvalue weighted by atomic mass is 10.4. The molecule has 12 heteroatoms. The SMILES string of the molecule is CC(=O)Nc1nc(N)c2ncn(COC(COC(C)=O)COC(C)=O)c2n1. The Bertz CT molecular complexity index is 833. The number of nitrogens with two attached hydrogens (primary N) is 1. The number of hydrogen-bond donors (Lipinski definition) is 2. The molecule has 0 bridgehead atoms. The number of ether oxygens (including phenoxy) is 3. The minimum atomic E-state index is -0.691. The van der Waals surface area contributed by atoms with E-state index in [1.54, 1.807) is 0 Å². The van der Waals surface area contributed by atoms with Crippen LogP contribution in [0.1, 0.15) is 20.8 Å². The minimum Gasteiger partial charge on any atom is -0.463 e. The average Bonchev–Trinajstić information content (AvgIpc) is 2.96. The molecule has 0 aliphatic rings. The largest absolute Gasteiger partial charge is 0.463 e. The summed E-state index contributed by atoms with van der Waals surface area (Å²) >= 11 is 0. The standard InChI is InChI=1S/C15H20N6O6/c1-8(22)18-15-19-13(16)12-14(20-15)21(6-17-12)7-27-11(4-25-9(2)23)5-26-10(3)24/h6,11H,4-5,7H2,1-3H3,(H3,16,18,19,20,22). The van der Waals surface area contributed by atoms with Crippen LogP contribution in [0.4, 0.5) is 11.8 Å². The van der Waals surface area contributed by atoms with Crippen LogP contribution in [0, 0.1) is 0 Å². The van der Waals surface area contributed by atoms with Crippen LogP contribution in [0.5, 0.6) is 0 Å². The van der Waals surface area contributed by atoms with Crippen molar-refractivity contribution in [1.29, 1.82) is 0 Å². The van der Waals surface area contributed by atoms with Crippen molar-refractivity contribution in [3.8, 4) is 0 Å². The smallest absolute Gasteiger partial charge is 0.302 e. The predicted molar refractivity (Wildman–Crippen MR) is 92.2 cm³/mol. The summed E-state index contributed by atoms with van der Waals surface area (Å²) in [4.78, 5) is 45.4. The van der Waals surface area contributed by atoms with E-state index in [2.05, 4.69) is 20.3 Å². The van der Waals surface area contributed by atoms with Gasteiger partial charge in [-0.2, -0.15) is 9.97 Å². The minimum absolute atomic E-state index is 0.0330. The van der Waals surface area contributed by atoms with Crippen molar-refractivity contribution in [3.05, 3.63) is 6.33 Å². The fourth-order valence-corrected chi connectivity index (χ4v) is 2.02. The number of nitrogens with zero attached hydrogens (tertiary/aromatic N) is 4. The zero-order chi connectivity index (χ0) is 20.0. The van der Waals surface area contributed by atoms with Crippen LogP contribution in [-0.2, 0) is 35.3 Å². The van der Waals surface area contributed by atoms with E-state index in [9.17, 15) is 14.4 Å². The third-order valence-corrected chi connectivity index (χ3v) is 3.17. The number of hydrogen-bond acceptors (Lipinski definition) is 10. The molecule has 0 unspecified atom stereocenters. The molecule has 27 heavy (non-hydrogen) atoms. The highest BCUT2D eigenvalue weighted by molar-refractivity contribution is 5.89. The van der Waals surface area contributed by atoms with E-state index in [-0.39, 0.29) is 37.6 Å². The fourth-order valence-electron chi connectivity index (χ4n) is 2.02. The maximum Gasteiger partial charge on any atom is 0.302 e. The number of amides is 1. The first kappa shape index (κ1) is 20.0. The third-order valence-electron chi connectivity index (χ3n) is 3.17. The zero-order valence-corrected chi connectivity index (χ0v) is 15.1. The molecule has 0 aliphatic carbocycles. The molecule has 2 aromatic rings. The molecule has 12 nitrogen and oxygen atoms in total. The van der Waals surface area contributed by atoms with Crippen LogP contribution in [0.3, 0.4) is 0 Å². The molecule has 0 aliphatic heterocycles. The zero-order valence-electron chi connectivity index (χ0n) is 15.1. The number of nitrogens with one attached hydrogen (secondary N) is 1. The second-order valence-corrected chi connectivity index (χ2v) is 5.52. The van der Waals surface area contributed by atoms with Gasteiger partial charge in [-0.3, -0.25) is 24.3 Å². The molecule has 0 spiro atoms. The molecule has 2 aromatic heterocycles. The molecule has 146 valence electrons. The monoisotopic (exact) mass is 380 g/mol. The van der Waals surface area contributed by atoms with E-state index in [1.807, 2.05) is 0 Å².